The number of hydrogen-bond donors (Lipinski definition) is 3. The molecule has 0 spiro atoms. The average Bonchev–Trinajstić information content (AvgIpc) is 3.29. The highest BCUT2D eigenvalue weighted by Crippen LogP contribution is 2.33. The first-order valence-corrected chi connectivity index (χ1v) is 11.0. The van der Waals surface area contributed by atoms with Crippen LogP contribution in [0.4, 0.5) is 0 Å². The van der Waals surface area contributed by atoms with Crippen molar-refractivity contribution in [2.75, 3.05) is 6.54 Å². The van der Waals surface area contributed by atoms with Crippen molar-refractivity contribution in [2.24, 2.45) is 16.5 Å². The highest BCUT2D eigenvalue weighted by molar-refractivity contribution is 6.00. The Morgan fingerprint density at radius 3 is 2.76 bits per heavy atom. The molecular formula is C23H28N8O2. The van der Waals surface area contributed by atoms with Crippen molar-refractivity contribution in [3.8, 4) is 0 Å². The number of carbonyl (C=O) groups is 1. The lowest BCUT2D eigenvalue weighted by atomic mass is 9.91. The van der Waals surface area contributed by atoms with Crippen LogP contribution in [0, 0.1) is 0 Å². The molecule has 0 saturated heterocycles. The summed E-state index contributed by atoms with van der Waals surface area (Å²) in [5.74, 6) is 0.782. The maximum atomic E-state index is 13.3. The summed E-state index contributed by atoms with van der Waals surface area (Å²) in [5, 5.41) is 8.14. The molecule has 1 aliphatic carbocycles. The molecule has 2 aliphatic rings. The van der Waals surface area contributed by atoms with Gasteiger partial charge < -0.3 is 11.5 Å². The number of nitrogens with two attached hydrogens (primary N) is 2. The molecule has 0 atom stereocenters. The minimum Gasteiger partial charge on any atom is -0.387 e. The lowest BCUT2D eigenvalue weighted by Gasteiger charge is -2.22. The average molecular weight is 449 g/mol. The van der Waals surface area contributed by atoms with Gasteiger partial charge in [-0.2, -0.15) is 5.10 Å². The van der Waals surface area contributed by atoms with Crippen molar-refractivity contribution in [3.63, 3.8) is 0 Å². The number of hydroxylamine groups is 2. The summed E-state index contributed by atoms with van der Waals surface area (Å²) >= 11 is 0. The number of aromatic nitrogens is 4. The van der Waals surface area contributed by atoms with Gasteiger partial charge in [0.1, 0.15) is 18.3 Å². The van der Waals surface area contributed by atoms with Gasteiger partial charge in [-0.25, -0.2) is 20.0 Å². The molecule has 1 amide bonds. The van der Waals surface area contributed by atoms with E-state index in [9.17, 15) is 4.79 Å². The number of hydrogen-bond acceptors (Lipinski definition) is 8. The minimum atomic E-state index is -0.205. The van der Waals surface area contributed by atoms with E-state index in [1.165, 1.54) is 5.06 Å². The maximum absolute atomic E-state index is 13.3. The van der Waals surface area contributed by atoms with E-state index >= 15 is 0 Å². The second-order valence-electron chi connectivity index (χ2n) is 7.88. The summed E-state index contributed by atoms with van der Waals surface area (Å²) in [4.78, 5) is 32.2. The van der Waals surface area contributed by atoms with E-state index < -0.39 is 0 Å². The molecule has 10 nitrogen and oxygen atoms in total. The summed E-state index contributed by atoms with van der Waals surface area (Å²) in [5.41, 5.74) is 16.9. The number of nitrogens with zero attached hydrogens (tertiary/aromatic N) is 5. The number of rotatable bonds is 8. The smallest absolute Gasteiger partial charge is 0.273 e. The van der Waals surface area contributed by atoms with Gasteiger partial charge in [-0.1, -0.05) is 6.92 Å². The van der Waals surface area contributed by atoms with Gasteiger partial charge in [-0.15, -0.1) is 0 Å². The predicted molar refractivity (Wildman–Crippen MR) is 124 cm³/mol. The summed E-state index contributed by atoms with van der Waals surface area (Å²) < 4.78 is 0. The number of nitrogens with one attached hydrogen (secondary N) is 1. The Bertz CT molecular complexity index is 1110. The van der Waals surface area contributed by atoms with Gasteiger partial charge in [-0.05, 0) is 48.6 Å². The van der Waals surface area contributed by atoms with E-state index in [1.54, 1.807) is 18.6 Å². The molecule has 3 heterocycles. The Balaban J connectivity index is 1.57. The highest BCUT2D eigenvalue weighted by Gasteiger charge is 2.24. The van der Waals surface area contributed by atoms with Crippen molar-refractivity contribution in [3.05, 3.63) is 70.7 Å². The van der Waals surface area contributed by atoms with Crippen LogP contribution in [-0.4, -0.2) is 43.5 Å². The van der Waals surface area contributed by atoms with Gasteiger partial charge in [0.05, 0.1) is 17.9 Å². The molecule has 4 rings (SSSR count). The van der Waals surface area contributed by atoms with Crippen LogP contribution in [0.2, 0.25) is 0 Å². The van der Waals surface area contributed by atoms with Crippen LogP contribution in [0.25, 0.3) is 5.57 Å². The van der Waals surface area contributed by atoms with E-state index in [1.807, 2.05) is 25.1 Å². The van der Waals surface area contributed by atoms with Gasteiger partial charge in [-0.3, -0.25) is 14.7 Å². The first kappa shape index (κ1) is 22.6. The lowest BCUT2D eigenvalue weighted by Crippen LogP contribution is -2.34. The number of carbonyl (C=O) groups excluding carboxylic acids is 1. The first-order chi connectivity index (χ1) is 16.1. The summed E-state index contributed by atoms with van der Waals surface area (Å²) in [6.07, 6.45) is 11.6. The molecule has 0 unspecified atom stereocenters. The topological polar surface area (TPSA) is 148 Å². The quantitative estimate of drug-likeness (QED) is 0.524. The molecule has 10 heteroatoms. The van der Waals surface area contributed by atoms with E-state index in [-0.39, 0.29) is 18.9 Å². The Labute approximate surface area is 192 Å². The fourth-order valence-electron chi connectivity index (χ4n) is 3.72. The van der Waals surface area contributed by atoms with E-state index in [0.29, 0.717) is 30.3 Å². The third kappa shape index (κ3) is 5.41. The molecule has 0 radical (unpaired) electrons. The largest absolute Gasteiger partial charge is 0.387 e. The van der Waals surface area contributed by atoms with E-state index in [4.69, 9.17) is 16.3 Å². The lowest BCUT2D eigenvalue weighted by molar-refractivity contribution is -0.187. The number of amidine groups is 1. The molecule has 172 valence electrons. The second-order valence-corrected chi connectivity index (χ2v) is 7.88. The van der Waals surface area contributed by atoms with E-state index in [2.05, 4.69) is 25.2 Å². The molecule has 0 saturated carbocycles. The molecule has 5 N–H and O–H groups in total. The molecule has 0 aromatic carbocycles. The molecular weight excluding hydrogens is 420 g/mol. The first-order valence-electron chi connectivity index (χ1n) is 11.0. The van der Waals surface area contributed by atoms with Crippen LogP contribution < -0.4 is 11.5 Å². The van der Waals surface area contributed by atoms with Crippen molar-refractivity contribution in [1.29, 1.82) is 0 Å². The Kier molecular flexibility index (Phi) is 7.06. The minimum absolute atomic E-state index is 0.205. The van der Waals surface area contributed by atoms with Crippen LogP contribution in [-0.2, 0) is 22.8 Å². The van der Waals surface area contributed by atoms with Crippen LogP contribution in [0.5, 0.6) is 0 Å². The fraction of sp³-hybridized carbons (Fsp3) is 0.348. The Morgan fingerprint density at radius 1 is 1.24 bits per heavy atom. The van der Waals surface area contributed by atoms with Crippen LogP contribution >= 0.6 is 0 Å². The number of aromatic amines is 1. The van der Waals surface area contributed by atoms with Gasteiger partial charge in [0.2, 0.25) is 0 Å². The Morgan fingerprint density at radius 2 is 2.06 bits per heavy atom. The number of aliphatic imine (C=N–C) groups is 1. The fourth-order valence-corrected chi connectivity index (χ4v) is 3.72. The van der Waals surface area contributed by atoms with Gasteiger partial charge in [0.25, 0.3) is 5.91 Å². The molecule has 0 bridgehead atoms. The SMILES string of the molecule is CCCN(OCc1ccn[nH]1)C(=O)C1=CC2=C(C=C(c3cnc(CN)nc3)CC2)N=C(N)C1. The third-order valence-corrected chi connectivity index (χ3v) is 5.41. The number of allylic oxidation sites excluding steroid dienone is 4. The summed E-state index contributed by atoms with van der Waals surface area (Å²) in [7, 11) is 0. The van der Waals surface area contributed by atoms with Crippen molar-refractivity contribution in [1.82, 2.24) is 25.2 Å². The highest BCUT2D eigenvalue weighted by atomic mass is 16.7. The Hall–Kier alpha value is -3.63. The number of amides is 1. The predicted octanol–water partition coefficient (Wildman–Crippen LogP) is 2.15. The maximum Gasteiger partial charge on any atom is 0.273 e. The zero-order chi connectivity index (χ0) is 23.2. The van der Waals surface area contributed by atoms with Crippen molar-refractivity contribution in [2.45, 2.75) is 45.8 Å². The second kappa shape index (κ2) is 10.3. The molecule has 2 aromatic heterocycles. The van der Waals surface area contributed by atoms with Crippen molar-refractivity contribution < 1.29 is 9.63 Å². The zero-order valence-corrected chi connectivity index (χ0v) is 18.6. The van der Waals surface area contributed by atoms with Crippen LogP contribution in [0.15, 0.2) is 58.6 Å². The summed E-state index contributed by atoms with van der Waals surface area (Å²) in [6, 6.07) is 1.81. The van der Waals surface area contributed by atoms with Crippen LogP contribution in [0.1, 0.15) is 49.7 Å². The van der Waals surface area contributed by atoms with Gasteiger partial charge in [0.15, 0.2) is 0 Å². The monoisotopic (exact) mass is 448 g/mol. The molecule has 0 fully saturated rings. The van der Waals surface area contributed by atoms with Gasteiger partial charge in [0, 0.05) is 42.7 Å². The van der Waals surface area contributed by atoms with E-state index in [0.717, 1.165) is 47.4 Å². The van der Waals surface area contributed by atoms with Crippen molar-refractivity contribution >= 4 is 17.3 Å². The molecule has 33 heavy (non-hydrogen) atoms. The number of H-pyrrole nitrogens is 1. The summed E-state index contributed by atoms with van der Waals surface area (Å²) in [6.45, 7) is 3.00. The molecule has 2 aromatic rings. The standard InChI is InChI=1S/C23H28N8O2/c1-2-7-31(33-14-19-5-6-28-30-19)23(32)17-8-16-4-3-15(9-20(16)29-21(25)10-17)18-12-26-22(11-24)27-13-18/h5-6,8-9,12-13H,2-4,7,10-11,14,24H2,1H3,(H2,25,29)(H,28,30). The normalized spacial score (nSPS) is 15.9. The zero-order valence-electron chi connectivity index (χ0n) is 18.6. The van der Waals surface area contributed by atoms with Crippen LogP contribution in [0.3, 0.4) is 0 Å². The molecule has 1 aliphatic heterocycles. The third-order valence-electron chi connectivity index (χ3n) is 5.41. The van der Waals surface area contributed by atoms with Gasteiger partial charge >= 0.3 is 0 Å².